The number of carbonyl (C=O) groups is 1. The lowest BCUT2D eigenvalue weighted by molar-refractivity contribution is 0.0687. The number of ether oxygens (including phenoxy) is 1. The molecule has 0 saturated heterocycles. The molecule has 0 spiro atoms. The molecule has 0 aliphatic carbocycles. The first-order valence-corrected chi connectivity index (χ1v) is 10.8. The van der Waals surface area contributed by atoms with E-state index < -0.39 is 17.3 Å². The molecule has 0 bridgehead atoms. The maximum Gasteiger partial charge on any atom is 0.342 e. The van der Waals surface area contributed by atoms with Gasteiger partial charge in [-0.25, -0.2) is 23.5 Å². The highest BCUT2D eigenvalue weighted by atomic mass is 19.1. The van der Waals surface area contributed by atoms with E-state index in [1.165, 1.54) is 18.5 Å². The molecule has 0 aliphatic rings. The minimum Gasteiger partial charge on any atom is -0.493 e. The lowest BCUT2D eigenvalue weighted by Crippen LogP contribution is -2.13. The van der Waals surface area contributed by atoms with Crippen LogP contribution in [0.5, 0.6) is 5.75 Å². The highest BCUT2D eigenvalue weighted by molar-refractivity contribution is 5.92. The Kier molecular flexibility index (Phi) is 6.45. The predicted octanol–water partition coefficient (Wildman–Crippen LogP) is 5.20. The quantitative estimate of drug-likeness (QED) is 0.371. The number of nitrogens with zero attached hydrogens (tertiary/aromatic N) is 3. The summed E-state index contributed by atoms with van der Waals surface area (Å²) in [5.41, 5.74) is 2.62. The van der Waals surface area contributed by atoms with Gasteiger partial charge in [0.25, 0.3) is 0 Å². The van der Waals surface area contributed by atoms with Gasteiger partial charge in [-0.2, -0.15) is 0 Å². The van der Waals surface area contributed by atoms with Crippen LogP contribution >= 0.6 is 0 Å². The van der Waals surface area contributed by atoms with Gasteiger partial charge in [-0.05, 0) is 56.7 Å². The molecule has 0 aliphatic heterocycles. The summed E-state index contributed by atoms with van der Waals surface area (Å²) >= 11 is 0. The number of carboxylic acids is 1. The number of carboxylic acid groups (broad SMARTS) is 1. The van der Waals surface area contributed by atoms with Gasteiger partial charge in [-0.3, -0.25) is 0 Å². The van der Waals surface area contributed by atoms with Crippen molar-refractivity contribution in [3.63, 3.8) is 0 Å². The van der Waals surface area contributed by atoms with Gasteiger partial charge in [0, 0.05) is 35.8 Å². The van der Waals surface area contributed by atoms with Gasteiger partial charge in [0.2, 0.25) is 0 Å². The average Bonchev–Trinajstić information content (AvgIpc) is 3.08. The molecule has 0 atom stereocenters. The van der Waals surface area contributed by atoms with Crippen LogP contribution in [0.2, 0.25) is 0 Å². The molecule has 0 saturated carbocycles. The number of aryl methyl sites for hydroxylation is 2. The highest BCUT2D eigenvalue weighted by Crippen LogP contribution is 2.30. The highest BCUT2D eigenvalue weighted by Gasteiger charge is 2.20. The number of aromatic nitrogens is 3. The molecule has 2 aromatic carbocycles. The fourth-order valence-corrected chi connectivity index (χ4v) is 4.04. The molecule has 2 N–H and O–H groups in total. The third-order valence-electron chi connectivity index (χ3n) is 5.47. The molecular weight excluding hydrogens is 442 g/mol. The summed E-state index contributed by atoms with van der Waals surface area (Å²) in [4.78, 5) is 19.8. The van der Waals surface area contributed by atoms with Gasteiger partial charge >= 0.3 is 5.97 Å². The van der Waals surface area contributed by atoms with Gasteiger partial charge in [0.1, 0.15) is 35.1 Å². The van der Waals surface area contributed by atoms with E-state index in [2.05, 4.69) is 15.3 Å². The standard InChI is InChI=1S/C25H24F2N4O3/c1-4-34-21-11-16(10-18(26)23(21)25(32)33)20-12-22(30-13-29-20)28-5-6-31-15(3)9-17-7-14(2)8-19(27)24(17)31/h7-13H,4-6H2,1-3H3,(H,32,33)(H,28,29,30). The van der Waals surface area contributed by atoms with Crippen molar-refractivity contribution in [3.05, 3.63) is 71.2 Å². The van der Waals surface area contributed by atoms with Crippen LogP contribution in [0, 0.1) is 25.5 Å². The molecule has 0 amide bonds. The van der Waals surface area contributed by atoms with Crippen LogP contribution in [-0.2, 0) is 6.54 Å². The summed E-state index contributed by atoms with van der Waals surface area (Å²) in [5, 5.41) is 13.3. The van der Waals surface area contributed by atoms with E-state index in [0.29, 0.717) is 35.7 Å². The van der Waals surface area contributed by atoms with E-state index in [-0.39, 0.29) is 18.2 Å². The van der Waals surface area contributed by atoms with Gasteiger partial charge in [-0.15, -0.1) is 0 Å². The zero-order valence-electron chi connectivity index (χ0n) is 19.0. The van der Waals surface area contributed by atoms with E-state index in [0.717, 1.165) is 22.7 Å². The topological polar surface area (TPSA) is 89.3 Å². The van der Waals surface area contributed by atoms with Gasteiger partial charge in [-0.1, -0.05) is 0 Å². The summed E-state index contributed by atoms with van der Waals surface area (Å²) in [7, 11) is 0. The molecule has 2 heterocycles. The summed E-state index contributed by atoms with van der Waals surface area (Å²) in [6.07, 6.45) is 1.33. The van der Waals surface area contributed by atoms with Crippen molar-refractivity contribution < 1.29 is 23.4 Å². The van der Waals surface area contributed by atoms with Crippen LogP contribution < -0.4 is 10.1 Å². The molecule has 4 rings (SSSR count). The van der Waals surface area contributed by atoms with Crippen molar-refractivity contribution in [2.24, 2.45) is 0 Å². The smallest absolute Gasteiger partial charge is 0.342 e. The molecule has 34 heavy (non-hydrogen) atoms. The normalized spacial score (nSPS) is 11.1. The Balaban J connectivity index is 1.55. The Bertz CT molecular complexity index is 1380. The predicted molar refractivity (Wildman–Crippen MR) is 125 cm³/mol. The number of halogens is 2. The van der Waals surface area contributed by atoms with Gasteiger partial charge < -0.3 is 19.7 Å². The number of rotatable bonds is 8. The van der Waals surface area contributed by atoms with Gasteiger partial charge in [0.15, 0.2) is 0 Å². The molecule has 0 radical (unpaired) electrons. The largest absolute Gasteiger partial charge is 0.493 e. The minimum atomic E-state index is -1.41. The summed E-state index contributed by atoms with van der Waals surface area (Å²) in [6.45, 7) is 6.64. The molecule has 0 unspecified atom stereocenters. The Morgan fingerprint density at radius 3 is 2.62 bits per heavy atom. The summed E-state index contributed by atoms with van der Waals surface area (Å²) in [6, 6.07) is 9.63. The second-order valence-corrected chi connectivity index (χ2v) is 7.91. The fourth-order valence-electron chi connectivity index (χ4n) is 4.04. The fraction of sp³-hybridized carbons (Fsp3) is 0.240. The zero-order valence-corrected chi connectivity index (χ0v) is 19.0. The maximum absolute atomic E-state index is 14.6. The van der Waals surface area contributed by atoms with E-state index in [1.54, 1.807) is 13.0 Å². The molecule has 176 valence electrons. The van der Waals surface area contributed by atoms with Crippen molar-refractivity contribution in [3.8, 4) is 17.0 Å². The van der Waals surface area contributed by atoms with Crippen molar-refractivity contribution >= 4 is 22.7 Å². The monoisotopic (exact) mass is 466 g/mol. The van der Waals surface area contributed by atoms with E-state index in [9.17, 15) is 18.7 Å². The first-order valence-electron chi connectivity index (χ1n) is 10.8. The van der Waals surface area contributed by atoms with Crippen LogP contribution in [0.4, 0.5) is 14.6 Å². The number of hydrogen-bond donors (Lipinski definition) is 2. The van der Waals surface area contributed by atoms with Crippen molar-refractivity contribution in [2.75, 3.05) is 18.5 Å². The number of fused-ring (bicyclic) bond motifs is 1. The van der Waals surface area contributed by atoms with Crippen molar-refractivity contribution in [1.29, 1.82) is 0 Å². The van der Waals surface area contributed by atoms with Crippen molar-refractivity contribution in [2.45, 2.75) is 27.3 Å². The number of nitrogens with one attached hydrogen (secondary N) is 1. The second-order valence-electron chi connectivity index (χ2n) is 7.91. The number of hydrogen-bond acceptors (Lipinski definition) is 5. The molecular formula is C25H24F2N4O3. The Labute approximate surface area is 195 Å². The first-order chi connectivity index (χ1) is 16.3. The first kappa shape index (κ1) is 23.2. The van der Waals surface area contributed by atoms with E-state index in [4.69, 9.17) is 4.74 Å². The van der Waals surface area contributed by atoms with Crippen LogP contribution in [0.1, 0.15) is 28.5 Å². The third-order valence-corrected chi connectivity index (χ3v) is 5.47. The Morgan fingerprint density at radius 1 is 1.09 bits per heavy atom. The molecule has 9 heteroatoms. The molecule has 0 fully saturated rings. The molecule has 7 nitrogen and oxygen atoms in total. The molecule has 2 aromatic heterocycles. The van der Waals surface area contributed by atoms with E-state index in [1.807, 2.05) is 30.5 Å². The minimum absolute atomic E-state index is 0.0645. The van der Waals surface area contributed by atoms with E-state index >= 15 is 0 Å². The third kappa shape index (κ3) is 4.54. The van der Waals surface area contributed by atoms with Crippen LogP contribution in [0.15, 0.2) is 42.7 Å². The zero-order chi connectivity index (χ0) is 24.4. The Hall–Kier alpha value is -4.01. The lowest BCUT2D eigenvalue weighted by Gasteiger charge is -2.12. The van der Waals surface area contributed by atoms with Gasteiger partial charge in [0.05, 0.1) is 17.8 Å². The van der Waals surface area contributed by atoms with Crippen LogP contribution in [-0.4, -0.2) is 38.8 Å². The SMILES string of the molecule is CCOc1cc(-c2cc(NCCn3c(C)cc4cc(C)cc(F)c43)ncn2)cc(F)c1C(=O)O. The number of aromatic carboxylic acids is 1. The second kappa shape index (κ2) is 9.46. The molecule has 4 aromatic rings. The average molecular weight is 466 g/mol. The number of anilines is 1. The van der Waals surface area contributed by atoms with Crippen LogP contribution in [0.25, 0.3) is 22.2 Å². The van der Waals surface area contributed by atoms with Crippen LogP contribution in [0.3, 0.4) is 0 Å². The summed E-state index contributed by atoms with van der Waals surface area (Å²) in [5.74, 6) is -2.14. The van der Waals surface area contributed by atoms with Crippen molar-refractivity contribution in [1.82, 2.24) is 14.5 Å². The summed E-state index contributed by atoms with van der Waals surface area (Å²) < 4.78 is 36.3. The lowest BCUT2D eigenvalue weighted by atomic mass is 10.1. The Morgan fingerprint density at radius 2 is 1.88 bits per heavy atom. The maximum atomic E-state index is 14.6. The number of benzene rings is 2.